The van der Waals surface area contributed by atoms with Crippen LogP contribution in [0.25, 0.3) is 0 Å². The topological polar surface area (TPSA) is 52.3 Å². The molecule has 0 saturated carbocycles. The first kappa shape index (κ1) is 13.1. The van der Waals surface area contributed by atoms with Crippen LogP contribution in [0.1, 0.15) is 25.7 Å². The molecule has 0 aromatic carbocycles. The van der Waals surface area contributed by atoms with Gasteiger partial charge >= 0.3 is 5.97 Å². The summed E-state index contributed by atoms with van der Waals surface area (Å²) in [5, 5.41) is 0.549. The van der Waals surface area contributed by atoms with Gasteiger partial charge in [-0.25, -0.2) is 0 Å². The third kappa shape index (κ3) is 4.21. The van der Waals surface area contributed by atoms with Gasteiger partial charge in [0.25, 0.3) is 0 Å². The van der Waals surface area contributed by atoms with Crippen LogP contribution in [0.2, 0.25) is 0 Å². The van der Waals surface area contributed by atoms with Crippen molar-refractivity contribution in [2.24, 2.45) is 5.73 Å². The maximum atomic E-state index is 10.9. The average Bonchev–Trinajstić information content (AvgIpc) is 2.55. The van der Waals surface area contributed by atoms with E-state index < -0.39 is 0 Å². The Labute approximate surface area is 100 Å². The first-order valence-corrected chi connectivity index (χ1v) is 6.71. The summed E-state index contributed by atoms with van der Waals surface area (Å²) in [5.74, 6) is 0.823. The van der Waals surface area contributed by atoms with Crippen LogP contribution in [-0.2, 0) is 9.53 Å². The van der Waals surface area contributed by atoms with Gasteiger partial charge in [0.1, 0.15) is 0 Å². The van der Waals surface area contributed by atoms with Gasteiger partial charge < -0.3 is 10.5 Å². The molecule has 0 amide bonds. The molecule has 0 spiro atoms. The summed E-state index contributed by atoms with van der Waals surface area (Å²) in [6, 6.07) is 0.127. The normalized spacial score (nSPS) is 30.5. The first-order chi connectivity index (χ1) is 7.15. The molecular weight excluding hydrogens is 234 g/mol. The van der Waals surface area contributed by atoms with Crippen LogP contribution in [0, 0.1) is 0 Å². The Morgan fingerprint density at radius 3 is 2.87 bits per heavy atom. The summed E-state index contributed by atoms with van der Waals surface area (Å²) in [5.41, 5.74) is 5.82. The van der Waals surface area contributed by atoms with Crippen LogP contribution >= 0.6 is 23.4 Å². The number of hydrogen-bond donors (Lipinski definition) is 1. The molecule has 2 N–H and O–H groups in total. The van der Waals surface area contributed by atoms with Gasteiger partial charge in [-0.05, 0) is 12.8 Å². The van der Waals surface area contributed by atoms with Gasteiger partial charge in [-0.3, -0.25) is 4.79 Å². The fourth-order valence-corrected chi connectivity index (χ4v) is 3.59. The van der Waals surface area contributed by atoms with Crippen molar-refractivity contribution in [1.82, 2.24) is 0 Å². The smallest absolute Gasteiger partial charge is 0.305 e. The molecule has 1 heterocycles. The Hall–Kier alpha value is 0.0700. The Morgan fingerprint density at radius 2 is 2.33 bits per heavy atom. The Kier molecular flexibility index (Phi) is 5.79. The van der Waals surface area contributed by atoms with Crippen LogP contribution in [0.4, 0.5) is 0 Å². The Morgan fingerprint density at radius 1 is 1.60 bits per heavy atom. The van der Waals surface area contributed by atoms with Gasteiger partial charge in [-0.1, -0.05) is 6.42 Å². The summed E-state index contributed by atoms with van der Waals surface area (Å²) >= 11 is 8.01. The Bertz CT molecular complexity index is 216. The fraction of sp³-hybridized carbons (Fsp3) is 0.900. The highest BCUT2D eigenvalue weighted by Crippen LogP contribution is 2.33. The lowest BCUT2D eigenvalue weighted by Crippen LogP contribution is -2.32. The zero-order valence-corrected chi connectivity index (χ0v) is 10.5. The second-order valence-corrected chi connectivity index (χ2v) is 5.58. The third-order valence-corrected chi connectivity index (χ3v) is 4.93. The zero-order chi connectivity index (χ0) is 11.3. The number of carbonyl (C=O) groups excluding carboxylic acids is 1. The molecular formula is C10H18ClNO2S. The van der Waals surface area contributed by atoms with Crippen LogP contribution in [-0.4, -0.2) is 35.5 Å². The number of unbranched alkanes of at least 4 members (excludes halogenated alkanes) is 1. The van der Waals surface area contributed by atoms with Gasteiger partial charge in [0.05, 0.1) is 12.5 Å². The molecule has 3 unspecified atom stereocenters. The zero-order valence-electron chi connectivity index (χ0n) is 8.95. The number of thioether (sulfide) groups is 1. The summed E-state index contributed by atoms with van der Waals surface area (Å²) in [6.45, 7) is 0. The minimum absolute atomic E-state index is 0.0909. The van der Waals surface area contributed by atoms with E-state index in [2.05, 4.69) is 4.74 Å². The van der Waals surface area contributed by atoms with E-state index >= 15 is 0 Å². The Balaban J connectivity index is 2.08. The molecule has 1 fully saturated rings. The molecule has 1 saturated heterocycles. The molecule has 0 bridgehead atoms. The van der Waals surface area contributed by atoms with E-state index in [0.29, 0.717) is 11.7 Å². The van der Waals surface area contributed by atoms with E-state index in [4.69, 9.17) is 17.3 Å². The third-order valence-electron chi connectivity index (χ3n) is 2.61. The molecule has 1 rings (SSSR count). The van der Waals surface area contributed by atoms with Crippen molar-refractivity contribution >= 4 is 29.3 Å². The lowest BCUT2D eigenvalue weighted by molar-refractivity contribution is -0.140. The number of carbonyl (C=O) groups is 1. The highest BCUT2D eigenvalue weighted by atomic mass is 35.5. The van der Waals surface area contributed by atoms with Gasteiger partial charge in [0, 0.05) is 23.5 Å². The van der Waals surface area contributed by atoms with Crippen LogP contribution in [0.5, 0.6) is 0 Å². The first-order valence-electron chi connectivity index (χ1n) is 5.23. The summed E-state index contributed by atoms with van der Waals surface area (Å²) < 4.78 is 4.57. The van der Waals surface area contributed by atoms with Gasteiger partial charge in [0.2, 0.25) is 0 Å². The van der Waals surface area contributed by atoms with E-state index in [9.17, 15) is 4.79 Å². The standard InChI is InChI=1S/C10H18ClNO2S/c1-14-9(13)5-3-2-4-8-10(11)7(12)6-15-8/h7-8,10H,2-6,12H2,1H3. The molecule has 0 radical (unpaired) electrons. The maximum absolute atomic E-state index is 10.9. The van der Waals surface area contributed by atoms with E-state index in [-0.39, 0.29) is 17.4 Å². The minimum atomic E-state index is -0.131. The number of hydrogen-bond acceptors (Lipinski definition) is 4. The van der Waals surface area contributed by atoms with Crippen molar-refractivity contribution in [3.8, 4) is 0 Å². The second-order valence-electron chi connectivity index (χ2n) is 3.80. The van der Waals surface area contributed by atoms with Crippen molar-refractivity contribution in [2.75, 3.05) is 12.9 Å². The van der Waals surface area contributed by atoms with E-state index in [0.717, 1.165) is 25.0 Å². The monoisotopic (exact) mass is 251 g/mol. The van der Waals surface area contributed by atoms with E-state index in [1.54, 1.807) is 0 Å². The number of rotatable bonds is 5. The van der Waals surface area contributed by atoms with Gasteiger partial charge in [0.15, 0.2) is 0 Å². The minimum Gasteiger partial charge on any atom is -0.469 e. The van der Waals surface area contributed by atoms with Gasteiger partial charge in [-0.15, -0.1) is 11.6 Å². The molecule has 1 aliphatic heterocycles. The number of methoxy groups -OCH3 is 1. The highest BCUT2D eigenvalue weighted by Gasteiger charge is 2.32. The van der Waals surface area contributed by atoms with Crippen molar-refractivity contribution in [2.45, 2.75) is 42.4 Å². The molecule has 0 aromatic rings. The van der Waals surface area contributed by atoms with E-state index in [1.807, 2.05) is 11.8 Å². The number of nitrogens with two attached hydrogens (primary N) is 1. The summed E-state index contributed by atoms with van der Waals surface area (Å²) in [4.78, 5) is 10.9. The van der Waals surface area contributed by atoms with E-state index in [1.165, 1.54) is 7.11 Å². The van der Waals surface area contributed by atoms with Crippen LogP contribution < -0.4 is 5.73 Å². The van der Waals surface area contributed by atoms with Crippen LogP contribution in [0.3, 0.4) is 0 Å². The molecule has 88 valence electrons. The molecule has 1 aliphatic rings. The van der Waals surface area contributed by atoms with Crippen molar-refractivity contribution in [1.29, 1.82) is 0 Å². The molecule has 15 heavy (non-hydrogen) atoms. The fourth-order valence-electron chi connectivity index (χ4n) is 1.65. The molecule has 3 nitrogen and oxygen atoms in total. The number of esters is 1. The largest absolute Gasteiger partial charge is 0.469 e. The predicted octanol–water partition coefficient (Wildman–Crippen LogP) is 1.77. The highest BCUT2D eigenvalue weighted by molar-refractivity contribution is 8.00. The number of halogens is 1. The summed E-state index contributed by atoms with van der Waals surface area (Å²) in [6.07, 6.45) is 3.45. The second kappa shape index (κ2) is 6.61. The summed E-state index contributed by atoms with van der Waals surface area (Å²) in [7, 11) is 1.42. The number of alkyl halides is 1. The molecule has 3 atom stereocenters. The van der Waals surface area contributed by atoms with Crippen LogP contribution in [0.15, 0.2) is 0 Å². The SMILES string of the molecule is COC(=O)CCCCC1SCC(N)C1Cl. The predicted molar refractivity (Wildman–Crippen MR) is 64.3 cm³/mol. The van der Waals surface area contributed by atoms with Gasteiger partial charge in [-0.2, -0.15) is 11.8 Å². The lowest BCUT2D eigenvalue weighted by atomic mass is 10.1. The molecule has 0 aromatic heterocycles. The molecule has 0 aliphatic carbocycles. The van der Waals surface area contributed by atoms with Crippen molar-refractivity contribution < 1.29 is 9.53 Å². The molecule has 5 heteroatoms. The lowest BCUT2D eigenvalue weighted by Gasteiger charge is -2.14. The van der Waals surface area contributed by atoms with Crippen molar-refractivity contribution in [3.63, 3.8) is 0 Å². The van der Waals surface area contributed by atoms with Crippen molar-refractivity contribution in [3.05, 3.63) is 0 Å². The quantitative estimate of drug-likeness (QED) is 0.460. The number of ether oxygens (including phenoxy) is 1. The maximum Gasteiger partial charge on any atom is 0.305 e. The average molecular weight is 252 g/mol.